The highest BCUT2D eigenvalue weighted by atomic mass is 79.9. The van der Waals surface area contributed by atoms with Gasteiger partial charge in [-0.15, -0.1) is 0 Å². The first-order valence-corrected chi connectivity index (χ1v) is 8.49. The molecule has 116 valence electrons. The van der Waals surface area contributed by atoms with Crippen LogP contribution in [0.15, 0.2) is 77.4 Å². The van der Waals surface area contributed by atoms with Crippen molar-refractivity contribution in [3.63, 3.8) is 0 Å². The van der Waals surface area contributed by atoms with Crippen molar-refractivity contribution in [2.75, 3.05) is 5.32 Å². The number of nitriles is 1. The second-order valence-corrected chi connectivity index (χ2v) is 6.74. The molecule has 0 aliphatic carbocycles. The molecule has 0 saturated heterocycles. The number of pyridine rings is 1. The molecule has 0 spiro atoms. The Morgan fingerprint density at radius 1 is 1.04 bits per heavy atom. The molecule has 4 heteroatoms. The van der Waals surface area contributed by atoms with Crippen molar-refractivity contribution in [3.05, 3.63) is 94.2 Å². The highest BCUT2D eigenvalue weighted by molar-refractivity contribution is 9.10. The van der Waals surface area contributed by atoms with E-state index >= 15 is 0 Å². The molecule has 0 bridgehead atoms. The summed E-state index contributed by atoms with van der Waals surface area (Å²) in [5.41, 5.74) is 2.81. The molecule has 0 saturated carbocycles. The lowest BCUT2D eigenvalue weighted by Gasteiger charge is -2.29. The van der Waals surface area contributed by atoms with Crippen LogP contribution in [0.3, 0.4) is 0 Å². The molecular formula is C20H14BrN3. The van der Waals surface area contributed by atoms with Crippen molar-refractivity contribution in [1.29, 1.82) is 5.26 Å². The van der Waals surface area contributed by atoms with E-state index in [1.807, 2.05) is 66.7 Å². The SMILES string of the molecule is N#C[C@]1(c2ccccc2)c2ncc(Br)cc2N[C@@H]1c1ccccc1. The van der Waals surface area contributed by atoms with Gasteiger partial charge in [-0.05, 0) is 33.1 Å². The maximum atomic E-state index is 10.3. The van der Waals surface area contributed by atoms with Crippen LogP contribution in [0.1, 0.15) is 22.9 Å². The van der Waals surface area contributed by atoms with Crippen LogP contribution in [-0.4, -0.2) is 4.98 Å². The van der Waals surface area contributed by atoms with Gasteiger partial charge < -0.3 is 5.32 Å². The fourth-order valence-corrected chi connectivity index (χ4v) is 3.76. The summed E-state index contributed by atoms with van der Waals surface area (Å²) >= 11 is 3.47. The molecule has 0 amide bonds. The smallest absolute Gasteiger partial charge is 0.150 e. The van der Waals surface area contributed by atoms with Crippen molar-refractivity contribution in [3.8, 4) is 6.07 Å². The first-order chi connectivity index (χ1) is 11.8. The van der Waals surface area contributed by atoms with Gasteiger partial charge in [-0.2, -0.15) is 5.26 Å². The Hall–Kier alpha value is -2.64. The molecule has 3 aromatic rings. The fourth-order valence-electron chi connectivity index (χ4n) is 3.43. The Labute approximate surface area is 149 Å². The molecule has 3 nitrogen and oxygen atoms in total. The van der Waals surface area contributed by atoms with E-state index in [4.69, 9.17) is 0 Å². The number of nitrogens with one attached hydrogen (secondary N) is 1. The van der Waals surface area contributed by atoms with E-state index < -0.39 is 5.41 Å². The van der Waals surface area contributed by atoms with E-state index in [0.29, 0.717) is 0 Å². The van der Waals surface area contributed by atoms with E-state index in [2.05, 4.69) is 32.3 Å². The first kappa shape index (κ1) is 14.9. The maximum Gasteiger partial charge on any atom is 0.150 e. The van der Waals surface area contributed by atoms with Gasteiger partial charge in [-0.3, -0.25) is 4.98 Å². The number of aromatic nitrogens is 1. The van der Waals surface area contributed by atoms with Gasteiger partial charge in [0.1, 0.15) is 0 Å². The summed E-state index contributed by atoms with van der Waals surface area (Å²) in [7, 11) is 0. The Bertz CT molecular complexity index is 919. The molecule has 0 radical (unpaired) electrons. The van der Waals surface area contributed by atoms with Crippen LogP contribution in [-0.2, 0) is 5.41 Å². The summed E-state index contributed by atoms with van der Waals surface area (Å²) in [6, 6.07) is 24.3. The minimum absolute atomic E-state index is 0.192. The normalized spacial score (nSPS) is 21.6. The number of nitrogens with zero attached hydrogens (tertiary/aromatic N) is 2. The predicted octanol–water partition coefficient (Wildman–Crippen LogP) is 4.82. The van der Waals surface area contributed by atoms with Gasteiger partial charge >= 0.3 is 0 Å². The van der Waals surface area contributed by atoms with Crippen molar-refractivity contribution in [1.82, 2.24) is 4.98 Å². The zero-order valence-electron chi connectivity index (χ0n) is 12.8. The monoisotopic (exact) mass is 375 g/mol. The quantitative estimate of drug-likeness (QED) is 0.698. The van der Waals surface area contributed by atoms with E-state index in [9.17, 15) is 5.26 Å². The van der Waals surface area contributed by atoms with Crippen molar-refractivity contribution >= 4 is 21.6 Å². The Balaban J connectivity index is 2.00. The minimum Gasteiger partial charge on any atom is -0.374 e. The van der Waals surface area contributed by atoms with Crippen LogP contribution in [0.4, 0.5) is 5.69 Å². The molecule has 0 unspecified atom stereocenters. The molecule has 2 heterocycles. The third-order valence-electron chi connectivity index (χ3n) is 4.50. The van der Waals surface area contributed by atoms with Crippen LogP contribution in [0.5, 0.6) is 0 Å². The highest BCUT2D eigenvalue weighted by Gasteiger charge is 2.51. The van der Waals surface area contributed by atoms with Crippen molar-refractivity contribution in [2.45, 2.75) is 11.5 Å². The molecule has 2 atom stereocenters. The summed E-state index contributed by atoms with van der Waals surface area (Å²) < 4.78 is 0.891. The fraction of sp³-hybridized carbons (Fsp3) is 0.100. The topological polar surface area (TPSA) is 48.7 Å². The van der Waals surface area contributed by atoms with Gasteiger partial charge in [-0.25, -0.2) is 0 Å². The Morgan fingerprint density at radius 2 is 1.71 bits per heavy atom. The molecule has 4 rings (SSSR count). The van der Waals surface area contributed by atoms with Gasteiger partial charge in [0.25, 0.3) is 0 Å². The zero-order valence-corrected chi connectivity index (χ0v) is 14.4. The minimum atomic E-state index is -0.862. The van der Waals surface area contributed by atoms with Gasteiger partial charge in [0.05, 0.1) is 23.5 Å². The third-order valence-corrected chi connectivity index (χ3v) is 4.93. The molecule has 24 heavy (non-hydrogen) atoms. The van der Waals surface area contributed by atoms with E-state index in [0.717, 1.165) is 27.0 Å². The summed E-state index contributed by atoms with van der Waals surface area (Å²) in [6.45, 7) is 0. The van der Waals surface area contributed by atoms with E-state index in [-0.39, 0.29) is 6.04 Å². The maximum absolute atomic E-state index is 10.3. The van der Waals surface area contributed by atoms with Crippen molar-refractivity contribution in [2.24, 2.45) is 0 Å². The van der Waals surface area contributed by atoms with E-state index in [1.54, 1.807) is 6.20 Å². The standard InChI is InChI=1S/C20H14BrN3/c21-16-11-17-19(23-12-16)20(13-22,15-9-5-2-6-10-15)18(24-17)14-7-3-1-4-8-14/h1-12,18,24H/t18-,20-/m1/s1. The van der Waals surface area contributed by atoms with Gasteiger partial charge in [0.2, 0.25) is 0 Å². The Kier molecular flexibility index (Phi) is 3.59. The summed E-state index contributed by atoms with van der Waals surface area (Å²) in [4.78, 5) is 4.60. The van der Waals surface area contributed by atoms with Gasteiger partial charge in [0, 0.05) is 10.7 Å². The lowest BCUT2D eigenvalue weighted by atomic mass is 9.72. The average molecular weight is 376 g/mol. The highest BCUT2D eigenvalue weighted by Crippen LogP contribution is 2.51. The lowest BCUT2D eigenvalue weighted by molar-refractivity contribution is 0.574. The van der Waals surface area contributed by atoms with Gasteiger partial charge in [0.15, 0.2) is 5.41 Å². The van der Waals surface area contributed by atoms with Crippen molar-refractivity contribution < 1.29 is 0 Å². The number of hydrogen-bond donors (Lipinski definition) is 1. The summed E-state index contributed by atoms with van der Waals surface area (Å²) in [6.07, 6.45) is 1.75. The number of hydrogen-bond acceptors (Lipinski definition) is 3. The zero-order chi connectivity index (χ0) is 16.6. The predicted molar refractivity (Wildman–Crippen MR) is 97.6 cm³/mol. The summed E-state index contributed by atoms with van der Waals surface area (Å²) in [5.74, 6) is 0. The number of halogens is 1. The Morgan fingerprint density at radius 3 is 2.38 bits per heavy atom. The molecule has 1 aliphatic heterocycles. The van der Waals surface area contributed by atoms with Crippen LogP contribution >= 0.6 is 15.9 Å². The van der Waals surface area contributed by atoms with Crippen LogP contribution in [0.25, 0.3) is 0 Å². The largest absolute Gasteiger partial charge is 0.374 e. The molecular weight excluding hydrogens is 362 g/mol. The average Bonchev–Trinajstić information content (AvgIpc) is 2.97. The summed E-state index contributed by atoms with van der Waals surface area (Å²) in [5, 5.41) is 13.8. The third kappa shape index (κ3) is 2.13. The number of fused-ring (bicyclic) bond motifs is 1. The molecule has 0 fully saturated rings. The molecule has 1 N–H and O–H groups in total. The van der Waals surface area contributed by atoms with Crippen LogP contribution in [0, 0.1) is 11.3 Å². The second-order valence-electron chi connectivity index (χ2n) is 5.82. The number of benzene rings is 2. The van der Waals surface area contributed by atoms with Crippen LogP contribution in [0.2, 0.25) is 0 Å². The molecule has 1 aliphatic rings. The van der Waals surface area contributed by atoms with E-state index in [1.165, 1.54) is 0 Å². The second kappa shape index (κ2) is 5.77. The molecule has 2 aromatic carbocycles. The van der Waals surface area contributed by atoms with Crippen LogP contribution < -0.4 is 5.32 Å². The number of anilines is 1. The lowest BCUT2D eigenvalue weighted by Crippen LogP contribution is -2.32. The molecule has 1 aromatic heterocycles. The number of rotatable bonds is 2. The van der Waals surface area contributed by atoms with Gasteiger partial charge in [-0.1, -0.05) is 60.7 Å². The first-order valence-electron chi connectivity index (χ1n) is 7.70.